The molecule has 4 unspecified atom stereocenters. The van der Waals surface area contributed by atoms with E-state index in [4.69, 9.17) is 19.4 Å². The quantitative estimate of drug-likeness (QED) is 0.171. The van der Waals surface area contributed by atoms with Crippen molar-refractivity contribution in [2.75, 3.05) is 83.7 Å². The summed E-state index contributed by atoms with van der Waals surface area (Å²) in [5.41, 5.74) is 8.00. The number of carbonyl (C=O) groups excluding carboxylic acids is 4. The van der Waals surface area contributed by atoms with Crippen molar-refractivity contribution in [1.29, 1.82) is 0 Å². The number of aromatic nitrogens is 4. The lowest BCUT2D eigenvalue weighted by Crippen LogP contribution is -2.55. The Kier molecular flexibility index (Phi) is 14.0. The number of ether oxygens (including phenoxy) is 2. The number of hydrogen-bond acceptors (Lipinski definition) is 9. The molecule has 4 atom stereocenters. The molecule has 6 amide bonds. The Hall–Kier alpha value is -5.16. The van der Waals surface area contributed by atoms with Gasteiger partial charge in [-0.25, -0.2) is 19.6 Å². The molecular weight excluding hydrogens is 875 g/mol. The number of amides is 6. The van der Waals surface area contributed by atoms with Gasteiger partial charge in [-0.3, -0.25) is 9.59 Å². The number of piperidine rings is 1. The highest BCUT2D eigenvalue weighted by atomic mass is 16.5. The van der Waals surface area contributed by atoms with Crippen LogP contribution in [0.15, 0.2) is 24.5 Å². The second-order valence-electron chi connectivity index (χ2n) is 21.7. The highest BCUT2D eigenvalue weighted by Crippen LogP contribution is 2.53. The molecule has 1 saturated carbocycles. The van der Waals surface area contributed by atoms with Crippen LogP contribution in [0.25, 0.3) is 11.3 Å². The van der Waals surface area contributed by atoms with E-state index in [9.17, 15) is 19.2 Å². The van der Waals surface area contributed by atoms with Crippen LogP contribution in [-0.4, -0.2) is 154 Å². The fourth-order valence-corrected chi connectivity index (χ4v) is 12.7. The summed E-state index contributed by atoms with van der Waals surface area (Å²) in [6, 6.07) is 2.71. The molecule has 5 saturated heterocycles. The van der Waals surface area contributed by atoms with Gasteiger partial charge in [0.2, 0.25) is 11.8 Å². The van der Waals surface area contributed by atoms with Crippen LogP contribution < -0.4 is 15.5 Å². The van der Waals surface area contributed by atoms with E-state index >= 15 is 0 Å². The van der Waals surface area contributed by atoms with Crippen LogP contribution in [-0.2, 0) is 31.9 Å². The number of rotatable bonds is 11. The minimum absolute atomic E-state index is 0.0402. The van der Waals surface area contributed by atoms with E-state index in [-0.39, 0.29) is 47.8 Å². The number of nitrogens with one attached hydrogen (secondary N) is 4. The lowest BCUT2D eigenvalue weighted by molar-refractivity contribution is -0.136. The summed E-state index contributed by atoms with van der Waals surface area (Å²) in [4.78, 5) is 82.0. The number of urea groups is 2. The SMILES string of the molecule is CC(C)C(NC(=O)N1CCOCC1)C(=O)N1CCCC1c1ncc(-c2ccc(N3CCC(c4cnc(C5CCCN5C(=O)C(NC(=O)N5CCOCC5)C(C)C)[nH]4)CC3)c3c2CC2(CCCC2)C3)[nH]1. The maximum Gasteiger partial charge on any atom is 0.318 e. The first-order valence-electron chi connectivity index (χ1n) is 26.3. The van der Waals surface area contributed by atoms with Crippen molar-refractivity contribution < 1.29 is 28.7 Å². The van der Waals surface area contributed by atoms with Crippen molar-refractivity contribution in [1.82, 2.24) is 50.2 Å². The Labute approximate surface area is 407 Å². The van der Waals surface area contributed by atoms with E-state index in [0.29, 0.717) is 77.0 Å². The van der Waals surface area contributed by atoms with E-state index in [1.54, 1.807) is 9.80 Å². The van der Waals surface area contributed by atoms with E-state index in [1.165, 1.54) is 48.1 Å². The number of carbonyl (C=O) groups is 4. The van der Waals surface area contributed by atoms with E-state index < -0.39 is 12.1 Å². The highest BCUT2D eigenvalue weighted by Gasteiger charge is 2.44. The summed E-state index contributed by atoms with van der Waals surface area (Å²) >= 11 is 0. The Morgan fingerprint density at radius 1 is 0.638 bits per heavy atom. The second-order valence-corrected chi connectivity index (χ2v) is 21.7. The number of imidazole rings is 2. The first kappa shape index (κ1) is 47.5. The molecule has 5 aliphatic heterocycles. The minimum atomic E-state index is -0.623. The van der Waals surface area contributed by atoms with Crippen LogP contribution >= 0.6 is 0 Å². The zero-order valence-electron chi connectivity index (χ0n) is 41.4. The average Bonchev–Trinajstić information content (AvgIpc) is 4.24. The fraction of sp³-hybridized carbons (Fsp3) is 0.692. The van der Waals surface area contributed by atoms with Gasteiger partial charge in [-0.05, 0) is 98.7 Å². The highest BCUT2D eigenvalue weighted by molar-refractivity contribution is 5.89. The maximum atomic E-state index is 14.2. The lowest BCUT2D eigenvalue weighted by Gasteiger charge is -2.35. The fourth-order valence-electron chi connectivity index (χ4n) is 12.7. The third-order valence-corrected chi connectivity index (χ3v) is 16.7. The van der Waals surface area contributed by atoms with Crippen LogP contribution in [0.4, 0.5) is 15.3 Å². The van der Waals surface area contributed by atoms with Crippen molar-refractivity contribution in [3.05, 3.63) is 53.0 Å². The maximum absolute atomic E-state index is 14.2. The number of morpholine rings is 2. The van der Waals surface area contributed by atoms with Crippen LogP contribution in [0.1, 0.15) is 138 Å². The van der Waals surface area contributed by atoms with Gasteiger partial charge in [-0.15, -0.1) is 0 Å². The zero-order chi connectivity index (χ0) is 47.8. The van der Waals surface area contributed by atoms with Gasteiger partial charge in [0.1, 0.15) is 23.7 Å². The van der Waals surface area contributed by atoms with Crippen LogP contribution in [0.5, 0.6) is 0 Å². The molecule has 0 bridgehead atoms. The van der Waals surface area contributed by atoms with Gasteiger partial charge in [-0.2, -0.15) is 0 Å². The van der Waals surface area contributed by atoms with Gasteiger partial charge in [0.15, 0.2) is 0 Å². The number of hydrogen-bond donors (Lipinski definition) is 4. The molecule has 17 heteroatoms. The molecule has 2 aromatic heterocycles. The van der Waals surface area contributed by atoms with E-state index in [2.05, 4.69) is 37.6 Å². The van der Waals surface area contributed by atoms with Crippen molar-refractivity contribution in [3.63, 3.8) is 0 Å². The summed E-state index contributed by atoms with van der Waals surface area (Å²) in [6.07, 6.45) is 16.7. The van der Waals surface area contributed by atoms with Gasteiger partial charge in [0.25, 0.3) is 0 Å². The molecule has 2 aliphatic carbocycles. The number of fused-ring (bicyclic) bond motifs is 1. The van der Waals surface area contributed by atoms with Gasteiger partial charge in [0, 0.05) is 81.4 Å². The molecule has 4 N–H and O–H groups in total. The number of anilines is 1. The summed E-state index contributed by atoms with van der Waals surface area (Å²) in [5, 5.41) is 6.13. The lowest BCUT2D eigenvalue weighted by atomic mass is 9.83. The summed E-state index contributed by atoms with van der Waals surface area (Å²) in [6.45, 7) is 15.3. The predicted molar refractivity (Wildman–Crippen MR) is 262 cm³/mol. The molecule has 69 heavy (non-hydrogen) atoms. The Morgan fingerprint density at radius 2 is 1.16 bits per heavy atom. The van der Waals surface area contributed by atoms with Crippen LogP contribution in [0.3, 0.4) is 0 Å². The monoisotopic (exact) mass is 950 g/mol. The second kappa shape index (κ2) is 20.3. The molecular formula is C52H75N11O6. The molecule has 17 nitrogen and oxygen atoms in total. The first-order chi connectivity index (χ1) is 33.5. The largest absolute Gasteiger partial charge is 0.378 e. The molecule has 1 spiro atoms. The van der Waals surface area contributed by atoms with Crippen molar-refractivity contribution >= 4 is 29.6 Å². The molecule has 10 rings (SSSR count). The van der Waals surface area contributed by atoms with Gasteiger partial charge >= 0.3 is 12.1 Å². The standard InChI is InChI=1S/C52H75N11O6/c1-33(2)44(57-50(66)60-21-25-68-26-22-60)48(64)62-17-7-9-42(62)46-53-31-39(55-46)35-13-19-59(20-14-35)41-12-11-36(37-29-52(30-38(37)41)15-5-6-16-52)40-32-54-47(56-40)43-10-8-18-63(43)49(65)45(34(3)4)58-51(67)61-23-27-69-28-24-61/h11-12,31-35,42-45H,5-10,13-30H2,1-4H3,(H,53,55)(H,54,56)(H,57,66)(H,58,67). The Bertz CT molecular complexity index is 2320. The Balaban J connectivity index is 0.811. The molecule has 7 heterocycles. The van der Waals surface area contributed by atoms with Gasteiger partial charge < -0.3 is 54.6 Å². The third kappa shape index (κ3) is 9.70. The number of benzene rings is 1. The number of likely N-dealkylation sites (tertiary alicyclic amines) is 2. The van der Waals surface area contributed by atoms with Gasteiger partial charge in [-0.1, -0.05) is 46.6 Å². The minimum Gasteiger partial charge on any atom is -0.378 e. The smallest absolute Gasteiger partial charge is 0.318 e. The topological polar surface area (TPSA) is 184 Å². The molecule has 3 aromatic rings. The summed E-state index contributed by atoms with van der Waals surface area (Å²) < 4.78 is 10.9. The summed E-state index contributed by atoms with van der Waals surface area (Å²) in [7, 11) is 0. The number of nitrogens with zero attached hydrogens (tertiary/aromatic N) is 7. The number of aromatic amines is 2. The van der Waals surface area contributed by atoms with Crippen molar-refractivity contribution in [3.8, 4) is 11.3 Å². The molecule has 6 fully saturated rings. The first-order valence-corrected chi connectivity index (χ1v) is 26.3. The third-order valence-electron chi connectivity index (χ3n) is 16.7. The van der Waals surface area contributed by atoms with Gasteiger partial charge in [0.05, 0.1) is 50.4 Å². The zero-order valence-corrected chi connectivity index (χ0v) is 41.4. The summed E-state index contributed by atoms with van der Waals surface area (Å²) in [5.74, 6) is 1.79. The molecule has 374 valence electrons. The Morgan fingerprint density at radius 3 is 1.71 bits per heavy atom. The van der Waals surface area contributed by atoms with Crippen LogP contribution in [0.2, 0.25) is 0 Å². The predicted octanol–water partition coefficient (Wildman–Crippen LogP) is 6.30. The normalized spacial score (nSPS) is 23.9. The van der Waals surface area contributed by atoms with E-state index in [0.717, 1.165) is 87.5 Å². The van der Waals surface area contributed by atoms with Crippen molar-refractivity contribution in [2.45, 2.75) is 135 Å². The van der Waals surface area contributed by atoms with E-state index in [1.807, 2.05) is 49.9 Å². The molecule has 1 aromatic carbocycles. The van der Waals surface area contributed by atoms with Crippen LogP contribution in [0, 0.1) is 17.3 Å². The number of H-pyrrole nitrogens is 2. The van der Waals surface area contributed by atoms with Crippen molar-refractivity contribution in [2.24, 2.45) is 17.3 Å². The molecule has 7 aliphatic rings. The molecule has 0 radical (unpaired) electrons. The average molecular weight is 950 g/mol.